The van der Waals surface area contributed by atoms with Gasteiger partial charge in [-0.1, -0.05) is 84.0 Å². The standard InChI is InChI=1S/C26H20ClN5OS/c1-17-21(27)8-5-9-22(17)28-25(33)16-34-26-30-29-24-15-14-23(31-32(24)26)20-12-10-19(11-13-20)18-6-3-2-4-7-18/h2-15H,16H2,1H3,(H,28,33). The van der Waals surface area contributed by atoms with Gasteiger partial charge in [0.25, 0.3) is 0 Å². The summed E-state index contributed by atoms with van der Waals surface area (Å²) in [5.41, 5.74) is 6.25. The van der Waals surface area contributed by atoms with Crippen molar-refractivity contribution in [2.75, 3.05) is 11.1 Å². The van der Waals surface area contributed by atoms with Crippen molar-refractivity contribution in [3.63, 3.8) is 0 Å². The molecule has 2 aromatic heterocycles. The Bertz CT molecular complexity index is 1470. The first-order valence-corrected chi connectivity index (χ1v) is 12.0. The van der Waals surface area contributed by atoms with Crippen LogP contribution in [0.25, 0.3) is 28.0 Å². The van der Waals surface area contributed by atoms with Gasteiger partial charge in [0.05, 0.1) is 11.4 Å². The smallest absolute Gasteiger partial charge is 0.234 e. The van der Waals surface area contributed by atoms with Crippen LogP contribution in [-0.4, -0.2) is 31.5 Å². The zero-order chi connectivity index (χ0) is 23.5. The summed E-state index contributed by atoms with van der Waals surface area (Å²) in [4.78, 5) is 12.5. The topological polar surface area (TPSA) is 72.2 Å². The predicted molar refractivity (Wildman–Crippen MR) is 137 cm³/mol. The molecule has 0 atom stereocenters. The van der Waals surface area contributed by atoms with Crippen LogP contribution in [0.5, 0.6) is 0 Å². The maximum atomic E-state index is 12.5. The van der Waals surface area contributed by atoms with E-state index in [-0.39, 0.29) is 11.7 Å². The van der Waals surface area contributed by atoms with Crippen LogP contribution in [0.2, 0.25) is 5.02 Å². The van der Waals surface area contributed by atoms with Crippen molar-refractivity contribution in [3.05, 3.63) is 95.5 Å². The Balaban J connectivity index is 1.32. The van der Waals surface area contributed by atoms with Crippen molar-refractivity contribution in [1.82, 2.24) is 19.8 Å². The first-order chi connectivity index (χ1) is 16.6. The van der Waals surface area contributed by atoms with Crippen LogP contribution in [0.1, 0.15) is 5.56 Å². The molecule has 0 bridgehead atoms. The summed E-state index contributed by atoms with van der Waals surface area (Å²) in [6, 6.07) is 27.7. The maximum absolute atomic E-state index is 12.5. The van der Waals surface area contributed by atoms with Crippen molar-refractivity contribution in [2.45, 2.75) is 12.1 Å². The van der Waals surface area contributed by atoms with Gasteiger partial charge in [0.15, 0.2) is 5.65 Å². The lowest BCUT2D eigenvalue weighted by atomic mass is 10.0. The molecule has 168 valence electrons. The predicted octanol–water partition coefficient (Wildman–Crippen LogP) is 6.15. The van der Waals surface area contributed by atoms with E-state index in [1.54, 1.807) is 10.6 Å². The molecular formula is C26H20ClN5OS. The Kier molecular flexibility index (Phi) is 6.29. The second-order valence-electron chi connectivity index (χ2n) is 7.66. The van der Waals surface area contributed by atoms with E-state index >= 15 is 0 Å². The first kappa shape index (κ1) is 22.1. The maximum Gasteiger partial charge on any atom is 0.234 e. The molecule has 0 aliphatic heterocycles. The Labute approximate surface area is 206 Å². The SMILES string of the molecule is Cc1c(Cl)cccc1NC(=O)CSc1nnc2ccc(-c3ccc(-c4ccccc4)cc3)nn12. The molecule has 5 aromatic rings. The third kappa shape index (κ3) is 4.66. The van der Waals surface area contributed by atoms with Crippen LogP contribution in [-0.2, 0) is 4.79 Å². The number of hydrogen-bond donors (Lipinski definition) is 1. The van der Waals surface area contributed by atoms with Gasteiger partial charge >= 0.3 is 0 Å². The number of carbonyl (C=O) groups is 1. The first-order valence-electron chi connectivity index (χ1n) is 10.6. The molecule has 0 aliphatic rings. The Hall–Kier alpha value is -3.68. The van der Waals surface area contributed by atoms with Gasteiger partial charge in [-0.05, 0) is 47.9 Å². The second-order valence-corrected chi connectivity index (χ2v) is 9.01. The zero-order valence-electron chi connectivity index (χ0n) is 18.3. The molecule has 0 aliphatic carbocycles. The summed E-state index contributed by atoms with van der Waals surface area (Å²) in [7, 11) is 0. The molecule has 34 heavy (non-hydrogen) atoms. The Morgan fingerprint density at radius 1 is 0.882 bits per heavy atom. The number of fused-ring (bicyclic) bond motifs is 1. The lowest BCUT2D eigenvalue weighted by Gasteiger charge is -2.09. The molecule has 0 saturated heterocycles. The van der Waals surface area contributed by atoms with Gasteiger partial charge in [-0.15, -0.1) is 10.2 Å². The van der Waals surface area contributed by atoms with Gasteiger partial charge in [0.1, 0.15) is 0 Å². The van der Waals surface area contributed by atoms with Crippen molar-refractivity contribution < 1.29 is 4.79 Å². The average Bonchev–Trinajstić information content (AvgIpc) is 3.28. The zero-order valence-corrected chi connectivity index (χ0v) is 19.8. The highest BCUT2D eigenvalue weighted by atomic mass is 35.5. The van der Waals surface area contributed by atoms with Crippen molar-refractivity contribution in [1.29, 1.82) is 0 Å². The van der Waals surface area contributed by atoms with Crippen LogP contribution >= 0.6 is 23.4 Å². The van der Waals surface area contributed by atoms with Crippen LogP contribution in [0, 0.1) is 6.92 Å². The van der Waals surface area contributed by atoms with E-state index in [4.69, 9.17) is 16.7 Å². The summed E-state index contributed by atoms with van der Waals surface area (Å²) in [5, 5.41) is 17.2. The second kappa shape index (κ2) is 9.67. The number of nitrogens with one attached hydrogen (secondary N) is 1. The van der Waals surface area contributed by atoms with E-state index in [2.05, 4.69) is 51.9 Å². The molecule has 2 heterocycles. The largest absolute Gasteiger partial charge is 0.325 e. The van der Waals surface area contributed by atoms with E-state index in [1.807, 2.05) is 49.4 Å². The fourth-order valence-electron chi connectivity index (χ4n) is 3.54. The van der Waals surface area contributed by atoms with E-state index in [9.17, 15) is 4.79 Å². The summed E-state index contributed by atoms with van der Waals surface area (Å²) in [6.45, 7) is 1.87. The number of thioether (sulfide) groups is 1. The van der Waals surface area contributed by atoms with Gasteiger partial charge in [-0.2, -0.15) is 9.61 Å². The number of amides is 1. The number of hydrogen-bond acceptors (Lipinski definition) is 5. The molecule has 5 rings (SSSR count). The molecule has 0 saturated carbocycles. The van der Waals surface area contributed by atoms with Crippen molar-refractivity contribution >= 4 is 40.6 Å². The molecule has 3 aromatic carbocycles. The number of halogens is 1. The summed E-state index contributed by atoms with van der Waals surface area (Å²) < 4.78 is 1.67. The highest BCUT2D eigenvalue weighted by molar-refractivity contribution is 7.99. The number of rotatable bonds is 6. The van der Waals surface area contributed by atoms with E-state index in [0.717, 1.165) is 22.4 Å². The minimum atomic E-state index is -0.153. The average molecular weight is 486 g/mol. The lowest BCUT2D eigenvalue weighted by Crippen LogP contribution is -2.15. The molecule has 1 amide bonds. The van der Waals surface area contributed by atoms with E-state index in [0.29, 0.717) is 21.5 Å². The summed E-state index contributed by atoms with van der Waals surface area (Å²) in [6.07, 6.45) is 0. The van der Waals surface area contributed by atoms with Crippen molar-refractivity contribution in [2.24, 2.45) is 0 Å². The molecule has 0 radical (unpaired) electrons. The highest BCUT2D eigenvalue weighted by Crippen LogP contribution is 2.26. The van der Waals surface area contributed by atoms with Gasteiger partial charge in [-0.3, -0.25) is 4.79 Å². The van der Waals surface area contributed by atoms with E-state index < -0.39 is 0 Å². The van der Waals surface area contributed by atoms with Gasteiger partial charge < -0.3 is 5.32 Å². The minimum absolute atomic E-state index is 0.153. The Morgan fingerprint density at radius 3 is 2.41 bits per heavy atom. The van der Waals surface area contributed by atoms with Gasteiger partial charge in [0.2, 0.25) is 11.1 Å². The molecule has 6 nitrogen and oxygen atoms in total. The molecular weight excluding hydrogens is 466 g/mol. The van der Waals surface area contributed by atoms with Crippen molar-refractivity contribution in [3.8, 4) is 22.4 Å². The third-order valence-electron chi connectivity index (χ3n) is 5.40. The molecule has 1 N–H and O–H groups in total. The van der Waals surface area contributed by atoms with Crippen LogP contribution < -0.4 is 5.32 Å². The minimum Gasteiger partial charge on any atom is -0.325 e. The third-order valence-corrected chi connectivity index (χ3v) is 6.72. The fourth-order valence-corrected chi connectivity index (χ4v) is 4.40. The quantitative estimate of drug-likeness (QED) is 0.292. The fraction of sp³-hybridized carbons (Fsp3) is 0.0769. The van der Waals surface area contributed by atoms with Gasteiger partial charge in [-0.25, -0.2) is 0 Å². The molecule has 0 fully saturated rings. The number of nitrogens with zero attached hydrogens (tertiary/aromatic N) is 4. The molecule has 0 unspecified atom stereocenters. The summed E-state index contributed by atoms with van der Waals surface area (Å²) >= 11 is 7.42. The van der Waals surface area contributed by atoms with Crippen LogP contribution in [0.15, 0.2) is 90.1 Å². The molecule has 8 heteroatoms. The number of anilines is 1. The monoisotopic (exact) mass is 485 g/mol. The number of benzene rings is 3. The van der Waals surface area contributed by atoms with Crippen LogP contribution in [0.3, 0.4) is 0 Å². The number of aromatic nitrogens is 4. The normalized spacial score (nSPS) is 11.0. The molecule has 0 spiro atoms. The summed E-state index contributed by atoms with van der Waals surface area (Å²) in [5.74, 6) is 0.0181. The van der Waals surface area contributed by atoms with Gasteiger partial charge in [0, 0.05) is 16.3 Å². The number of carbonyl (C=O) groups excluding carboxylic acids is 1. The van der Waals surface area contributed by atoms with Crippen LogP contribution in [0.4, 0.5) is 5.69 Å². The Morgan fingerprint density at radius 2 is 1.62 bits per heavy atom. The van der Waals surface area contributed by atoms with E-state index in [1.165, 1.54) is 17.3 Å². The highest BCUT2D eigenvalue weighted by Gasteiger charge is 2.13. The lowest BCUT2D eigenvalue weighted by molar-refractivity contribution is -0.113.